The molecule has 2 aromatic carbocycles. The monoisotopic (exact) mass is 470 g/mol. The number of carbonyl (C=O) groups is 1. The smallest absolute Gasteiger partial charge is 0.231 e. The summed E-state index contributed by atoms with van der Waals surface area (Å²) in [5.74, 6) is 3.21. The molecule has 1 fully saturated rings. The van der Waals surface area contributed by atoms with E-state index in [4.69, 9.17) is 18.9 Å². The molecule has 0 unspecified atom stereocenters. The van der Waals surface area contributed by atoms with Gasteiger partial charge in [-0.25, -0.2) is 0 Å². The van der Waals surface area contributed by atoms with Gasteiger partial charge in [0.25, 0.3) is 0 Å². The van der Waals surface area contributed by atoms with E-state index in [9.17, 15) is 4.79 Å². The van der Waals surface area contributed by atoms with Gasteiger partial charge in [0.2, 0.25) is 25.0 Å². The Morgan fingerprint density at radius 3 is 2.54 bits per heavy atom. The summed E-state index contributed by atoms with van der Waals surface area (Å²) in [6, 6.07) is 8.24. The number of aryl methyl sites for hydroxylation is 2. The summed E-state index contributed by atoms with van der Waals surface area (Å²) in [6.07, 6.45) is 6.14. The maximum atomic E-state index is 13.8. The van der Waals surface area contributed by atoms with Crippen LogP contribution in [0.1, 0.15) is 48.9 Å². The first kappa shape index (κ1) is 20.8. The highest BCUT2D eigenvalue weighted by Crippen LogP contribution is 2.47. The number of ketones is 1. The summed E-state index contributed by atoms with van der Waals surface area (Å²) < 4.78 is 25.4. The number of nitrogens with zero attached hydrogens (tertiary/aromatic N) is 1. The molecule has 6 nitrogen and oxygen atoms in total. The molecule has 0 radical (unpaired) electrons. The number of benzene rings is 2. The van der Waals surface area contributed by atoms with Crippen LogP contribution in [0.5, 0.6) is 23.0 Å². The lowest BCUT2D eigenvalue weighted by Crippen LogP contribution is -2.45. The van der Waals surface area contributed by atoms with Gasteiger partial charge in [0.1, 0.15) is 5.39 Å². The quantitative estimate of drug-likeness (QED) is 0.385. The summed E-state index contributed by atoms with van der Waals surface area (Å²) >= 11 is 0. The number of rotatable bonds is 3. The fraction of sp³-hybridized carbons (Fsp3) is 0.379. The Morgan fingerprint density at radius 2 is 1.71 bits per heavy atom. The molecule has 0 atom stereocenters. The SMILES string of the molecule is C=C(C(=O)C1CCCCC1)c1c2c3c(ccc2c(C)c2[n+]1CCc1cc4c(cc1-2)OCO4)OCO3. The topological polar surface area (TPSA) is 57.9 Å². The van der Waals surface area contributed by atoms with Crippen LogP contribution in [-0.2, 0) is 17.8 Å². The third kappa shape index (κ3) is 3.01. The summed E-state index contributed by atoms with van der Waals surface area (Å²) in [5.41, 5.74) is 6.03. The zero-order chi connectivity index (χ0) is 23.7. The summed E-state index contributed by atoms with van der Waals surface area (Å²) in [4.78, 5) is 13.8. The van der Waals surface area contributed by atoms with Crippen LogP contribution in [0.2, 0.25) is 0 Å². The molecule has 0 amide bonds. The van der Waals surface area contributed by atoms with E-state index in [-0.39, 0.29) is 25.3 Å². The molecule has 178 valence electrons. The zero-order valence-electron chi connectivity index (χ0n) is 19.9. The van der Waals surface area contributed by atoms with Gasteiger partial charge in [0.15, 0.2) is 35.3 Å². The van der Waals surface area contributed by atoms with Crippen molar-refractivity contribution >= 4 is 22.1 Å². The Morgan fingerprint density at radius 1 is 0.971 bits per heavy atom. The number of pyridine rings is 1. The molecule has 0 bridgehead atoms. The van der Waals surface area contributed by atoms with Gasteiger partial charge in [-0.2, -0.15) is 4.57 Å². The van der Waals surface area contributed by atoms with E-state index in [2.05, 4.69) is 36.3 Å². The minimum atomic E-state index is 0.0440. The van der Waals surface area contributed by atoms with Crippen LogP contribution < -0.4 is 23.5 Å². The Kier molecular flexibility index (Phi) is 4.60. The van der Waals surface area contributed by atoms with Gasteiger partial charge < -0.3 is 18.9 Å². The fourth-order valence-electron chi connectivity index (χ4n) is 6.35. The van der Waals surface area contributed by atoms with E-state index >= 15 is 0 Å². The molecule has 6 heteroatoms. The van der Waals surface area contributed by atoms with Crippen molar-refractivity contribution in [2.45, 2.75) is 52.0 Å². The molecule has 0 N–H and O–H groups in total. The second-order valence-corrected chi connectivity index (χ2v) is 9.99. The van der Waals surface area contributed by atoms with Crippen molar-refractivity contribution in [1.29, 1.82) is 0 Å². The van der Waals surface area contributed by atoms with Gasteiger partial charge in [0, 0.05) is 23.3 Å². The van der Waals surface area contributed by atoms with Crippen LogP contribution in [0.3, 0.4) is 0 Å². The van der Waals surface area contributed by atoms with E-state index in [0.29, 0.717) is 11.3 Å². The van der Waals surface area contributed by atoms with Gasteiger partial charge in [-0.05, 0) is 49.6 Å². The van der Waals surface area contributed by atoms with Gasteiger partial charge in [-0.15, -0.1) is 0 Å². The number of Topliss-reactive ketones (excluding diaryl/α,β-unsaturated/α-hetero) is 1. The molecule has 0 spiro atoms. The van der Waals surface area contributed by atoms with Crippen molar-refractivity contribution in [3.63, 3.8) is 0 Å². The first-order valence-corrected chi connectivity index (χ1v) is 12.6. The lowest BCUT2D eigenvalue weighted by atomic mass is 9.82. The van der Waals surface area contributed by atoms with Crippen LogP contribution in [0, 0.1) is 12.8 Å². The minimum Gasteiger partial charge on any atom is -0.454 e. The van der Waals surface area contributed by atoms with E-state index < -0.39 is 0 Å². The predicted molar refractivity (Wildman–Crippen MR) is 131 cm³/mol. The molecule has 1 aromatic heterocycles. The molecule has 7 rings (SSSR count). The number of aromatic nitrogens is 1. The molecule has 1 aliphatic carbocycles. The van der Waals surface area contributed by atoms with Gasteiger partial charge in [-0.1, -0.05) is 25.8 Å². The largest absolute Gasteiger partial charge is 0.454 e. The van der Waals surface area contributed by atoms with Crippen LogP contribution in [0.25, 0.3) is 27.6 Å². The average molecular weight is 471 g/mol. The Balaban J connectivity index is 1.50. The summed E-state index contributed by atoms with van der Waals surface area (Å²) in [7, 11) is 0. The van der Waals surface area contributed by atoms with Crippen molar-refractivity contribution in [3.8, 4) is 34.3 Å². The minimum absolute atomic E-state index is 0.0440. The lowest BCUT2D eigenvalue weighted by Gasteiger charge is -2.24. The summed E-state index contributed by atoms with van der Waals surface area (Å²) in [6.45, 7) is 7.74. The zero-order valence-corrected chi connectivity index (χ0v) is 19.9. The van der Waals surface area contributed by atoms with E-state index in [1.54, 1.807) is 0 Å². The Hall–Kier alpha value is -3.54. The maximum absolute atomic E-state index is 13.8. The number of carbonyl (C=O) groups excluding carboxylic acids is 1. The van der Waals surface area contributed by atoms with Crippen LogP contribution in [0.15, 0.2) is 30.8 Å². The summed E-state index contributed by atoms with van der Waals surface area (Å²) in [5, 5.41) is 1.98. The Bertz CT molecular complexity index is 1430. The van der Waals surface area contributed by atoms with Crippen molar-refractivity contribution in [2.75, 3.05) is 13.6 Å². The molecule has 3 aromatic rings. The molecule has 1 saturated carbocycles. The van der Waals surface area contributed by atoms with E-state index in [1.807, 2.05) is 6.07 Å². The fourth-order valence-corrected chi connectivity index (χ4v) is 6.35. The van der Waals surface area contributed by atoms with Gasteiger partial charge >= 0.3 is 0 Å². The van der Waals surface area contributed by atoms with Gasteiger partial charge in [0.05, 0.1) is 11.1 Å². The maximum Gasteiger partial charge on any atom is 0.231 e. The second kappa shape index (κ2) is 7.74. The molecule has 4 heterocycles. The normalized spacial score (nSPS) is 17.9. The molecule has 4 aliphatic rings. The van der Waals surface area contributed by atoms with Crippen LogP contribution in [0.4, 0.5) is 0 Å². The first-order valence-electron chi connectivity index (χ1n) is 12.6. The van der Waals surface area contributed by atoms with Crippen molar-refractivity contribution in [3.05, 3.63) is 47.7 Å². The van der Waals surface area contributed by atoms with Crippen LogP contribution >= 0.6 is 0 Å². The third-order valence-corrected chi connectivity index (χ3v) is 8.09. The highest BCUT2D eigenvalue weighted by atomic mass is 16.7. The molecule has 0 saturated heterocycles. The van der Waals surface area contributed by atoms with Crippen LogP contribution in [-0.4, -0.2) is 19.4 Å². The number of ether oxygens (including phenoxy) is 4. The average Bonchev–Trinajstić information content (AvgIpc) is 3.56. The standard InChI is InChI=1S/C29H28NO5/c1-16-20-8-9-22-29(35-15-32-22)25(20)27(17(2)28(31)18-6-4-3-5-7-18)30-11-10-19-12-23-24(34-14-33-23)13-21(19)26(16)30/h8-9,12-13,18H,2-7,10-11,14-15H2,1H3/q+1. The molecule has 35 heavy (non-hydrogen) atoms. The molecular weight excluding hydrogens is 442 g/mol. The first-order chi connectivity index (χ1) is 17.1. The third-order valence-electron chi connectivity index (χ3n) is 8.09. The number of allylic oxidation sites excluding steroid dienone is 1. The number of fused-ring (bicyclic) bond motifs is 7. The lowest BCUT2D eigenvalue weighted by molar-refractivity contribution is -0.688. The molecular formula is C29H28NO5+. The highest BCUT2D eigenvalue weighted by molar-refractivity contribution is 6.23. The number of hydrogen-bond acceptors (Lipinski definition) is 5. The Labute approximate surface area is 204 Å². The van der Waals surface area contributed by atoms with Crippen molar-refractivity contribution in [1.82, 2.24) is 0 Å². The van der Waals surface area contributed by atoms with Crippen molar-refractivity contribution in [2.24, 2.45) is 5.92 Å². The van der Waals surface area contributed by atoms with Gasteiger partial charge in [-0.3, -0.25) is 4.79 Å². The van der Waals surface area contributed by atoms with Crippen molar-refractivity contribution < 1.29 is 28.3 Å². The second-order valence-electron chi connectivity index (χ2n) is 9.99. The highest BCUT2D eigenvalue weighted by Gasteiger charge is 2.39. The van der Waals surface area contributed by atoms with E-state index in [1.165, 1.54) is 12.0 Å². The molecule has 3 aliphatic heterocycles. The predicted octanol–water partition coefficient (Wildman–Crippen LogP) is 5.28. The number of hydrogen-bond donors (Lipinski definition) is 0. The van der Waals surface area contributed by atoms with E-state index in [0.717, 1.165) is 89.2 Å².